The first-order valence-electron chi connectivity index (χ1n) is 10.3. The van der Waals surface area contributed by atoms with Crippen molar-refractivity contribution in [2.24, 2.45) is 0 Å². The number of benzene rings is 2. The molecule has 1 heterocycles. The van der Waals surface area contributed by atoms with Crippen LogP contribution in [-0.2, 0) is 6.42 Å². The number of anilines is 2. The highest BCUT2D eigenvalue weighted by atomic mass is 16.1. The summed E-state index contributed by atoms with van der Waals surface area (Å²) in [4.78, 5) is 23.4. The lowest BCUT2D eigenvalue weighted by Gasteiger charge is -2.18. The van der Waals surface area contributed by atoms with Gasteiger partial charge < -0.3 is 15.5 Å². The van der Waals surface area contributed by atoms with Crippen LogP contribution in [0.4, 0.5) is 11.5 Å². The van der Waals surface area contributed by atoms with Gasteiger partial charge in [0.25, 0.3) is 5.91 Å². The molecular formula is C23H29N5O. The van der Waals surface area contributed by atoms with Crippen molar-refractivity contribution in [3.05, 3.63) is 59.9 Å². The number of nitrogens with one attached hydrogen (secondary N) is 2. The van der Waals surface area contributed by atoms with Crippen LogP contribution >= 0.6 is 0 Å². The molecule has 0 saturated carbocycles. The molecule has 1 amide bonds. The van der Waals surface area contributed by atoms with Gasteiger partial charge >= 0.3 is 0 Å². The van der Waals surface area contributed by atoms with E-state index in [-0.39, 0.29) is 5.91 Å². The Hall–Kier alpha value is -2.99. The second-order valence-electron chi connectivity index (χ2n) is 6.91. The quantitative estimate of drug-likeness (QED) is 0.577. The number of aromatic nitrogens is 2. The van der Waals surface area contributed by atoms with Crippen LogP contribution in [0.3, 0.4) is 0 Å². The van der Waals surface area contributed by atoms with Gasteiger partial charge in [-0.3, -0.25) is 4.79 Å². The predicted octanol–water partition coefficient (Wildman–Crippen LogP) is 4.01. The topological polar surface area (TPSA) is 70.1 Å². The van der Waals surface area contributed by atoms with Gasteiger partial charge in [0, 0.05) is 29.7 Å². The van der Waals surface area contributed by atoms with E-state index < -0.39 is 0 Å². The van der Waals surface area contributed by atoms with E-state index in [1.165, 1.54) is 5.56 Å². The lowest BCUT2D eigenvalue weighted by molar-refractivity contribution is 0.0949. The number of amides is 1. The minimum Gasteiger partial charge on any atom is -0.351 e. The van der Waals surface area contributed by atoms with Crippen LogP contribution in [0.1, 0.15) is 36.7 Å². The number of likely N-dealkylation sites (N-methyl/N-ethyl adjacent to an activating group) is 1. The van der Waals surface area contributed by atoms with Crippen LogP contribution < -0.4 is 10.6 Å². The zero-order chi connectivity index (χ0) is 20.6. The van der Waals surface area contributed by atoms with E-state index in [1.807, 2.05) is 30.3 Å². The van der Waals surface area contributed by atoms with Crippen molar-refractivity contribution in [1.82, 2.24) is 20.2 Å². The van der Waals surface area contributed by atoms with Crippen LogP contribution in [0.2, 0.25) is 0 Å². The number of carbonyl (C=O) groups is 1. The molecule has 0 aliphatic heterocycles. The summed E-state index contributed by atoms with van der Waals surface area (Å²) >= 11 is 0. The van der Waals surface area contributed by atoms with Crippen molar-refractivity contribution in [2.75, 3.05) is 31.5 Å². The van der Waals surface area contributed by atoms with Crippen LogP contribution in [0, 0.1) is 0 Å². The molecule has 0 aliphatic rings. The molecule has 152 valence electrons. The van der Waals surface area contributed by atoms with Gasteiger partial charge in [0.1, 0.15) is 12.1 Å². The summed E-state index contributed by atoms with van der Waals surface area (Å²) in [7, 11) is 0. The average molecular weight is 392 g/mol. The second kappa shape index (κ2) is 9.98. The Labute approximate surface area is 172 Å². The summed E-state index contributed by atoms with van der Waals surface area (Å²) in [5.74, 6) is 0.713. The van der Waals surface area contributed by atoms with E-state index in [9.17, 15) is 4.79 Å². The van der Waals surface area contributed by atoms with Crippen molar-refractivity contribution in [3.8, 4) is 0 Å². The number of fused-ring (bicyclic) bond motifs is 1. The maximum atomic E-state index is 12.3. The molecule has 0 atom stereocenters. The summed E-state index contributed by atoms with van der Waals surface area (Å²) in [6.07, 6.45) is 2.52. The van der Waals surface area contributed by atoms with E-state index in [2.05, 4.69) is 58.4 Å². The SMILES string of the molecule is CCc1ccc2ncnc(Nc3ccc(C(=O)NCCN(CC)CC)cc3)c2c1. The van der Waals surface area contributed by atoms with Crippen LogP contribution in [0.5, 0.6) is 0 Å². The maximum Gasteiger partial charge on any atom is 0.251 e. The van der Waals surface area contributed by atoms with E-state index in [4.69, 9.17) is 0 Å². The molecule has 0 aliphatic carbocycles. The highest BCUT2D eigenvalue weighted by Crippen LogP contribution is 2.24. The summed E-state index contributed by atoms with van der Waals surface area (Å²) in [6, 6.07) is 13.7. The van der Waals surface area contributed by atoms with Crippen molar-refractivity contribution in [3.63, 3.8) is 0 Å². The zero-order valence-corrected chi connectivity index (χ0v) is 17.4. The second-order valence-corrected chi connectivity index (χ2v) is 6.91. The molecule has 0 unspecified atom stereocenters. The molecular weight excluding hydrogens is 362 g/mol. The molecule has 2 aromatic carbocycles. The summed E-state index contributed by atoms with van der Waals surface area (Å²) in [6.45, 7) is 9.87. The van der Waals surface area contributed by atoms with Crippen LogP contribution in [-0.4, -0.2) is 47.0 Å². The molecule has 29 heavy (non-hydrogen) atoms. The van der Waals surface area contributed by atoms with E-state index in [0.717, 1.165) is 48.5 Å². The first kappa shape index (κ1) is 20.7. The van der Waals surface area contributed by atoms with Crippen LogP contribution in [0.15, 0.2) is 48.8 Å². The van der Waals surface area contributed by atoms with Gasteiger partial charge in [-0.25, -0.2) is 9.97 Å². The fourth-order valence-corrected chi connectivity index (χ4v) is 3.23. The molecule has 2 N–H and O–H groups in total. The van der Waals surface area contributed by atoms with Gasteiger partial charge in [-0.05, 0) is 61.5 Å². The number of aryl methyl sites for hydroxylation is 1. The molecule has 3 rings (SSSR count). The Morgan fingerprint density at radius 1 is 1.00 bits per heavy atom. The van der Waals surface area contributed by atoms with Crippen molar-refractivity contribution < 1.29 is 4.79 Å². The molecule has 0 bridgehead atoms. The molecule has 0 saturated heterocycles. The Kier molecular flexibility index (Phi) is 7.14. The number of hydrogen-bond donors (Lipinski definition) is 2. The normalized spacial score (nSPS) is 11.0. The molecule has 6 heteroatoms. The Bertz CT molecular complexity index is 951. The van der Waals surface area contributed by atoms with E-state index in [0.29, 0.717) is 12.1 Å². The standard InChI is InChI=1S/C23H29N5O/c1-4-17-7-12-21-20(15-17)22(26-16-25-21)27-19-10-8-18(9-11-19)23(29)24-13-14-28(5-2)6-3/h7-12,15-16H,4-6,13-14H2,1-3H3,(H,24,29)(H,25,26,27). The Morgan fingerprint density at radius 3 is 2.45 bits per heavy atom. The van der Waals surface area contributed by atoms with E-state index >= 15 is 0 Å². The monoisotopic (exact) mass is 391 g/mol. The molecule has 0 radical (unpaired) electrons. The lowest BCUT2D eigenvalue weighted by atomic mass is 10.1. The minimum atomic E-state index is -0.0521. The number of rotatable bonds is 9. The fraction of sp³-hybridized carbons (Fsp3) is 0.348. The smallest absolute Gasteiger partial charge is 0.251 e. The third-order valence-corrected chi connectivity index (χ3v) is 5.13. The Balaban J connectivity index is 1.66. The third-order valence-electron chi connectivity index (χ3n) is 5.13. The lowest BCUT2D eigenvalue weighted by Crippen LogP contribution is -2.34. The molecule has 0 fully saturated rings. The maximum absolute atomic E-state index is 12.3. The number of carbonyl (C=O) groups excluding carboxylic acids is 1. The van der Waals surface area contributed by atoms with Gasteiger partial charge in [-0.1, -0.05) is 26.8 Å². The first-order valence-corrected chi connectivity index (χ1v) is 10.3. The molecule has 0 spiro atoms. The highest BCUT2D eigenvalue weighted by Gasteiger charge is 2.08. The molecule has 3 aromatic rings. The molecule has 6 nitrogen and oxygen atoms in total. The average Bonchev–Trinajstić information content (AvgIpc) is 2.77. The van der Waals surface area contributed by atoms with Crippen LogP contribution in [0.25, 0.3) is 10.9 Å². The molecule has 1 aromatic heterocycles. The van der Waals surface area contributed by atoms with Crippen molar-refractivity contribution in [2.45, 2.75) is 27.2 Å². The third kappa shape index (κ3) is 5.29. The van der Waals surface area contributed by atoms with Gasteiger partial charge in [-0.15, -0.1) is 0 Å². The van der Waals surface area contributed by atoms with E-state index in [1.54, 1.807) is 6.33 Å². The zero-order valence-electron chi connectivity index (χ0n) is 17.4. The summed E-state index contributed by atoms with van der Waals surface area (Å²) in [5, 5.41) is 7.32. The van der Waals surface area contributed by atoms with Gasteiger partial charge in [-0.2, -0.15) is 0 Å². The highest BCUT2D eigenvalue weighted by molar-refractivity contribution is 5.95. The van der Waals surface area contributed by atoms with Crippen molar-refractivity contribution in [1.29, 1.82) is 0 Å². The van der Waals surface area contributed by atoms with Gasteiger partial charge in [0.2, 0.25) is 0 Å². The minimum absolute atomic E-state index is 0.0521. The number of hydrogen-bond acceptors (Lipinski definition) is 5. The van der Waals surface area contributed by atoms with Gasteiger partial charge in [0.05, 0.1) is 5.52 Å². The summed E-state index contributed by atoms with van der Waals surface area (Å²) in [5.41, 5.74) is 3.68. The van der Waals surface area contributed by atoms with Gasteiger partial charge in [0.15, 0.2) is 0 Å². The Morgan fingerprint density at radius 2 is 1.76 bits per heavy atom. The number of nitrogens with zero attached hydrogens (tertiary/aromatic N) is 3. The summed E-state index contributed by atoms with van der Waals surface area (Å²) < 4.78 is 0. The fourth-order valence-electron chi connectivity index (χ4n) is 3.23. The largest absolute Gasteiger partial charge is 0.351 e. The van der Waals surface area contributed by atoms with Crippen molar-refractivity contribution >= 4 is 28.3 Å². The first-order chi connectivity index (χ1) is 14.1. The predicted molar refractivity (Wildman–Crippen MR) is 119 cm³/mol.